The van der Waals surface area contributed by atoms with Gasteiger partial charge in [0.1, 0.15) is 5.56 Å². The predicted octanol–water partition coefficient (Wildman–Crippen LogP) is 3.44. The number of amides is 1. The average molecular weight is 399 g/mol. The summed E-state index contributed by atoms with van der Waals surface area (Å²) in [5, 5.41) is 9.95. The van der Waals surface area contributed by atoms with Crippen LogP contribution in [0.2, 0.25) is 0 Å². The van der Waals surface area contributed by atoms with Crippen LogP contribution in [0.15, 0.2) is 47.1 Å². The summed E-state index contributed by atoms with van der Waals surface area (Å²) in [4.78, 5) is 12.1. The summed E-state index contributed by atoms with van der Waals surface area (Å²) >= 11 is 3.27. The summed E-state index contributed by atoms with van der Waals surface area (Å²) in [6.07, 6.45) is -3.10. The Morgan fingerprint density at radius 1 is 1.17 bits per heavy atom. The number of alkyl halides is 3. The highest BCUT2D eigenvalue weighted by molar-refractivity contribution is 9.10. The molecular weight excluding hydrogens is 389 g/mol. The second-order valence-corrected chi connectivity index (χ2v) is 5.75. The standard InChI is InChI=1S/C15H10BrF3N4O/c16-11-6-2-1-4-9(11)14(24)20-8-12-21-22-13-10(15(17,18)19)5-3-7-23(12)13/h1-7H,8H2,(H,20,24). The van der Waals surface area contributed by atoms with Crippen molar-refractivity contribution in [2.45, 2.75) is 12.7 Å². The van der Waals surface area contributed by atoms with Gasteiger partial charge in [-0.2, -0.15) is 13.2 Å². The van der Waals surface area contributed by atoms with Gasteiger partial charge < -0.3 is 5.32 Å². The molecule has 0 atom stereocenters. The molecule has 124 valence electrons. The Hall–Kier alpha value is -2.42. The number of aromatic nitrogens is 3. The minimum atomic E-state index is -4.52. The molecule has 0 spiro atoms. The van der Waals surface area contributed by atoms with E-state index >= 15 is 0 Å². The number of nitrogens with zero attached hydrogens (tertiary/aromatic N) is 3. The van der Waals surface area contributed by atoms with Crippen LogP contribution in [0.1, 0.15) is 21.7 Å². The summed E-state index contributed by atoms with van der Waals surface area (Å²) < 4.78 is 40.7. The van der Waals surface area contributed by atoms with E-state index in [9.17, 15) is 18.0 Å². The van der Waals surface area contributed by atoms with E-state index in [4.69, 9.17) is 0 Å². The van der Waals surface area contributed by atoms with Gasteiger partial charge in [0.2, 0.25) is 0 Å². The lowest BCUT2D eigenvalue weighted by Crippen LogP contribution is -2.24. The molecule has 0 aliphatic carbocycles. The molecule has 0 saturated heterocycles. The molecule has 0 fully saturated rings. The second-order valence-electron chi connectivity index (χ2n) is 4.89. The molecule has 1 aromatic carbocycles. The zero-order valence-electron chi connectivity index (χ0n) is 12.0. The van der Waals surface area contributed by atoms with Crippen LogP contribution in [-0.4, -0.2) is 20.5 Å². The summed E-state index contributed by atoms with van der Waals surface area (Å²) in [7, 11) is 0. The molecule has 0 bridgehead atoms. The smallest absolute Gasteiger partial charge is 0.345 e. The van der Waals surface area contributed by atoms with Gasteiger partial charge in [-0.05, 0) is 40.2 Å². The van der Waals surface area contributed by atoms with Crippen molar-refractivity contribution in [1.29, 1.82) is 0 Å². The predicted molar refractivity (Wildman–Crippen MR) is 83.3 cm³/mol. The molecule has 3 aromatic rings. The maximum absolute atomic E-state index is 13.0. The summed E-state index contributed by atoms with van der Waals surface area (Å²) in [5.41, 5.74) is -0.752. The molecule has 0 aliphatic heterocycles. The number of nitrogens with one attached hydrogen (secondary N) is 1. The Labute approximate surface area is 142 Å². The van der Waals surface area contributed by atoms with Crippen LogP contribution in [0, 0.1) is 0 Å². The molecular formula is C15H10BrF3N4O. The second kappa shape index (κ2) is 6.23. The van der Waals surface area contributed by atoms with Crippen molar-refractivity contribution in [1.82, 2.24) is 19.9 Å². The minimum absolute atomic E-state index is 0.0529. The normalized spacial score (nSPS) is 11.7. The van der Waals surface area contributed by atoms with Crippen molar-refractivity contribution in [3.8, 4) is 0 Å². The molecule has 9 heteroatoms. The number of benzene rings is 1. The van der Waals surface area contributed by atoms with Crippen molar-refractivity contribution < 1.29 is 18.0 Å². The maximum atomic E-state index is 13.0. The molecule has 0 aliphatic rings. The number of hydrogen-bond donors (Lipinski definition) is 1. The van der Waals surface area contributed by atoms with Gasteiger partial charge in [0.15, 0.2) is 11.5 Å². The third-order valence-corrected chi connectivity index (χ3v) is 4.03. The first-order valence-electron chi connectivity index (χ1n) is 6.80. The summed E-state index contributed by atoms with van der Waals surface area (Å²) in [6, 6.07) is 9.03. The fraction of sp³-hybridized carbons (Fsp3) is 0.133. The Morgan fingerprint density at radius 3 is 2.62 bits per heavy atom. The van der Waals surface area contributed by atoms with Gasteiger partial charge in [0, 0.05) is 10.7 Å². The highest BCUT2D eigenvalue weighted by Gasteiger charge is 2.34. The van der Waals surface area contributed by atoms with Crippen LogP contribution in [0.3, 0.4) is 0 Å². The molecule has 1 amide bonds. The Bertz CT molecular complexity index is 907. The number of hydrogen-bond acceptors (Lipinski definition) is 3. The quantitative estimate of drug-likeness (QED) is 0.734. The van der Waals surface area contributed by atoms with Crippen molar-refractivity contribution in [3.63, 3.8) is 0 Å². The minimum Gasteiger partial charge on any atom is -0.345 e. The number of carbonyl (C=O) groups excluding carboxylic acids is 1. The highest BCUT2D eigenvalue weighted by Crippen LogP contribution is 2.31. The van der Waals surface area contributed by atoms with Crippen LogP contribution in [-0.2, 0) is 12.7 Å². The van der Waals surface area contributed by atoms with Gasteiger partial charge in [0.05, 0.1) is 12.1 Å². The van der Waals surface area contributed by atoms with Crippen LogP contribution in [0.25, 0.3) is 5.65 Å². The summed E-state index contributed by atoms with van der Waals surface area (Å²) in [6.45, 7) is -0.0529. The zero-order chi connectivity index (χ0) is 17.3. The Kier molecular flexibility index (Phi) is 4.27. The molecule has 0 unspecified atom stereocenters. The largest absolute Gasteiger partial charge is 0.420 e. The first kappa shape index (κ1) is 16.4. The van der Waals surface area contributed by atoms with Crippen molar-refractivity contribution >= 4 is 27.5 Å². The van der Waals surface area contributed by atoms with E-state index in [0.717, 1.165) is 6.07 Å². The number of carbonyl (C=O) groups is 1. The van der Waals surface area contributed by atoms with E-state index in [2.05, 4.69) is 31.4 Å². The lowest BCUT2D eigenvalue weighted by atomic mass is 10.2. The van der Waals surface area contributed by atoms with Gasteiger partial charge in [-0.25, -0.2) is 0 Å². The molecule has 0 radical (unpaired) electrons. The van der Waals surface area contributed by atoms with E-state index in [1.807, 2.05) is 0 Å². The van der Waals surface area contributed by atoms with Crippen LogP contribution < -0.4 is 5.32 Å². The molecule has 1 N–H and O–H groups in total. The van der Waals surface area contributed by atoms with Gasteiger partial charge in [-0.3, -0.25) is 9.20 Å². The molecule has 2 heterocycles. The lowest BCUT2D eigenvalue weighted by Gasteiger charge is -2.08. The fourth-order valence-corrected chi connectivity index (χ4v) is 2.67. The molecule has 0 saturated carbocycles. The van der Waals surface area contributed by atoms with E-state index in [-0.39, 0.29) is 23.9 Å². The third kappa shape index (κ3) is 3.12. The monoisotopic (exact) mass is 398 g/mol. The van der Waals surface area contributed by atoms with Gasteiger partial charge in [-0.15, -0.1) is 10.2 Å². The van der Waals surface area contributed by atoms with E-state index in [1.165, 1.54) is 16.7 Å². The lowest BCUT2D eigenvalue weighted by molar-refractivity contribution is -0.136. The number of pyridine rings is 1. The van der Waals surface area contributed by atoms with Crippen LogP contribution in [0.4, 0.5) is 13.2 Å². The molecule has 3 rings (SSSR count). The maximum Gasteiger partial charge on any atom is 0.420 e. The van der Waals surface area contributed by atoms with Crippen LogP contribution >= 0.6 is 15.9 Å². The Morgan fingerprint density at radius 2 is 1.92 bits per heavy atom. The first-order chi connectivity index (χ1) is 11.4. The first-order valence-corrected chi connectivity index (χ1v) is 7.60. The highest BCUT2D eigenvalue weighted by atomic mass is 79.9. The van der Waals surface area contributed by atoms with Crippen molar-refractivity contribution in [3.05, 3.63) is 64.0 Å². The number of halogens is 4. The van der Waals surface area contributed by atoms with Crippen molar-refractivity contribution in [2.75, 3.05) is 0 Å². The van der Waals surface area contributed by atoms with E-state index in [0.29, 0.717) is 10.0 Å². The van der Waals surface area contributed by atoms with Crippen LogP contribution in [0.5, 0.6) is 0 Å². The number of fused-ring (bicyclic) bond motifs is 1. The third-order valence-electron chi connectivity index (χ3n) is 3.34. The zero-order valence-corrected chi connectivity index (χ0v) is 13.6. The van der Waals surface area contributed by atoms with E-state index in [1.54, 1.807) is 24.3 Å². The van der Waals surface area contributed by atoms with Gasteiger partial charge in [0.25, 0.3) is 5.91 Å². The molecule has 24 heavy (non-hydrogen) atoms. The van der Waals surface area contributed by atoms with Crippen molar-refractivity contribution in [2.24, 2.45) is 0 Å². The fourth-order valence-electron chi connectivity index (χ4n) is 2.21. The molecule has 5 nitrogen and oxygen atoms in total. The average Bonchev–Trinajstić information content (AvgIpc) is 2.95. The number of rotatable bonds is 3. The SMILES string of the molecule is O=C(NCc1nnc2c(C(F)(F)F)cccn12)c1ccccc1Br. The summed E-state index contributed by atoms with van der Waals surface area (Å²) in [5.74, 6) is -0.164. The van der Waals surface area contributed by atoms with Gasteiger partial charge >= 0.3 is 6.18 Å². The topological polar surface area (TPSA) is 59.3 Å². The van der Waals surface area contributed by atoms with Gasteiger partial charge in [-0.1, -0.05) is 12.1 Å². The van der Waals surface area contributed by atoms with E-state index < -0.39 is 11.7 Å². The Balaban J connectivity index is 1.84. The molecule has 2 aromatic heterocycles.